The summed E-state index contributed by atoms with van der Waals surface area (Å²) in [7, 11) is 1.68. The van der Waals surface area contributed by atoms with E-state index in [0.717, 1.165) is 16.9 Å². The maximum absolute atomic E-state index is 5.24. The number of rotatable bonds is 3. The highest BCUT2D eigenvalue weighted by Gasteiger charge is 2.01. The smallest absolute Gasteiger partial charge is 0.126 e. The Balaban J connectivity index is 3.28. The largest absolute Gasteiger partial charge is 0.496 e. The third-order valence-electron chi connectivity index (χ3n) is 1.87. The molecule has 0 spiro atoms. The molecule has 1 aromatic rings. The van der Waals surface area contributed by atoms with Crippen molar-refractivity contribution in [1.82, 2.24) is 0 Å². The van der Waals surface area contributed by atoms with E-state index in [-0.39, 0.29) is 0 Å². The van der Waals surface area contributed by atoms with Crippen LogP contribution < -0.4 is 4.74 Å². The standard InChI is InChI=1S/C12H14O/c1-4-7-11-10(5-2)8-6-9-12(11)13-3/h4-9H,2H2,1,3H3. The molecule has 0 atom stereocenters. The molecule has 0 aliphatic carbocycles. The van der Waals surface area contributed by atoms with Gasteiger partial charge in [0.05, 0.1) is 7.11 Å². The summed E-state index contributed by atoms with van der Waals surface area (Å²) in [6.45, 7) is 5.75. The number of methoxy groups -OCH3 is 1. The van der Waals surface area contributed by atoms with Gasteiger partial charge in [0.2, 0.25) is 0 Å². The van der Waals surface area contributed by atoms with E-state index in [2.05, 4.69) is 6.58 Å². The van der Waals surface area contributed by atoms with E-state index < -0.39 is 0 Å². The molecule has 0 saturated heterocycles. The molecule has 13 heavy (non-hydrogen) atoms. The second-order valence-electron chi connectivity index (χ2n) is 2.67. The topological polar surface area (TPSA) is 9.23 Å². The molecule has 0 amide bonds. The van der Waals surface area contributed by atoms with Crippen LogP contribution in [0.2, 0.25) is 0 Å². The fourth-order valence-electron chi connectivity index (χ4n) is 1.26. The molecule has 0 saturated carbocycles. The summed E-state index contributed by atoms with van der Waals surface area (Å²) in [5.74, 6) is 0.885. The van der Waals surface area contributed by atoms with Crippen LogP contribution in [0.4, 0.5) is 0 Å². The summed E-state index contributed by atoms with van der Waals surface area (Å²) >= 11 is 0. The Hall–Kier alpha value is -1.50. The molecular formula is C12H14O. The molecule has 0 fully saturated rings. The number of hydrogen-bond donors (Lipinski definition) is 0. The second kappa shape index (κ2) is 4.51. The minimum atomic E-state index is 0.885. The minimum absolute atomic E-state index is 0.885. The minimum Gasteiger partial charge on any atom is -0.496 e. The first-order valence-corrected chi connectivity index (χ1v) is 4.25. The molecule has 68 valence electrons. The summed E-state index contributed by atoms with van der Waals surface area (Å²) in [4.78, 5) is 0. The van der Waals surface area contributed by atoms with Gasteiger partial charge in [0.25, 0.3) is 0 Å². The van der Waals surface area contributed by atoms with Gasteiger partial charge in [-0.15, -0.1) is 0 Å². The van der Waals surface area contributed by atoms with Crippen molar-refractivity contribution in [2.45, 2.75) is 6.92 Å². The van der Waals surface area contributed by atoms with E-state index >= 15 is 0 Å². The summed E-state index contributed by atoms with van der Waals surface area (Å²) in [5.41, 5.74) is 2.18. The zero-order valence-electron chi connectivity index (χ0n) is 8.08. The molecule has 1 rings (SSSR count). The van der Waals surface area contributed by atoms with Gasteiger partial charge in [-0.3, -0.25) is 0 Å². The fourth-order valence-corrected chi connectivity index (χ4v) is 1.26. The van der Waals surface area contributed by atoms with Gasteiger partial charge in [0.15, 0.2) is 0 Å². The Morgan fingerprint density at radius 3 is 2.69 bits per heavy atom. The van der Waals surface area contributed by atoms with Gasteiger partial charge in [-0.25, -0.2) is 0 Å². The molecule has 0 unspecified atom stereocenters. The highest BCUT2D eigenvalue weighted by Crippen LogP contribution is 2.24. The predicted octanol–water partition coefficient (Wildman–Crippen LogP) is 3.37. The normalized spacial score (nSPS) is 10.3. The van der Waals surface area contributed by atoms with Gasteiger partial charge in [0.1, 0.15) is 5.75 Å². The molecule has 1 heteroatoms. The average molecular weight is 174 g/mol. The lowest BCUT2D eigenvalue weighted by molar-refractivity contribution is 0.414. The van der Waals surface area contributed by atoms with Crippen LogP contribution >= 0.6 is 0 Å². The Bertz CT molecular complexity index is 324. The van der Waals surface area contributed by atoms with Crippen LogP contribution in [0.5, 0.6) is 5.75 Å². The van der Waals surface area contributed by atoms with Gasteiger partial charge in [0, 0.05) is 5.56 Å². The van der Waals surface area contributed by atoms with E-state index in [1.807, 2.05) is 43.4 Å². The first kappa shape index (κ1) is 9.59. The molecule has 0 bridgehead atoms. The molecule has 0 N–H and O–H groups in total. The van der Waals surface area contributed by atoms with Crippen LogP contribution in [-0.2, 0) is 0 Å². The van der Waals surface area contributed by atoms with Crippen LogP contribution in [-0.4, -0.2) is 7.11 Å². The van der Waals surface area contributed by atoms with E-state index in [1.54, 1.807) is 7.11 Å². The second-order valence-corrected chi connectivity index (χ2v) is 2.67. The van der Waals surface area contributed by atoms with Gasteiger partial charge < -0.3 is 4.74 Å². The summed E-state index contributed by atoms with van der Waals surface area (Å²) in [6.07, 6.45) is 5.85. The molecule has 0 aliphatic rings. The van der Waals surface area contributed by atoms with Crippen LogP contribution in [0, 0.1) is 0 Å². The fraction of sp³-hybridized carbons (Fsp3) is 0.167. The molecule has 0 heterocycles. The molecule has 0 radical (unpaired) electrons. The van der Waals surface area contributed by atoms with Crippen LogP contribution in [0.3, 0.4) is 0 Å². The lowest BCUT2D eigenvalue weighted by Gasteiger charge is -2.07. The average Bonchev–Trinajstić information content (AvgIpc) is 2.18. The van der Waals surface area contributed by atoms with Crippen LogP contribution in [0.15, 0.2) is 30.9 Å². The van der Waals surface area contributed by atoms with Crippen molar-refractivity contribution in [3.05, 3.63) is 42.0 Å². The molecule has 1 aromatic carbocycles. The quantitative estimate of drug-likeness (QED) is 0.682. The number of benzene rings is 1. The highest BCUT2D eigenvalue weighted by atomic mass is 16.5. The highest BCUT2D eigenvalue weighted by molar-refractivity contribution is 5.69. The Morgan fingerprint density at radius 1 is 1.38 bits per heavy atom. The first-order valence-electron chi connectivity index (χ1n) is 4.25. The molecular weight excluding hydrogens is 160 g/mol. The van der Waals surface area contributed by atoms with Crippen molar-refractivity contribution in [3.63, 3.8) is 0 Å². The SMILES string of the molecule is C=Cc1cccc(OC)c1C=CC. The predicted molar refractivity (Wildman–Crippen MR) is 57.8 cm³/mol. The maximum Gasteiger partial charge on any atom is 0.126 e. The third kappa shape index (κ3) is 2.00. The van der Waals surface area contributed by atoms with Gasteiger partial charge >= 0.3 is 0 Å². The van der Waals surface area contributed by atoms with Crippen molar-refractivity contribution in [3.8, 4) is 5.75 Å². The number of ether oxygens (including phenoxy) is 1. The van der Waals surface area contributed by atoms with Gasteiger partial charge in [-0.2, -0.15) is 0 Å². The van der Waals surface area contributed by atoms with E-state index in [4.69, 9.17) is 4.74 Å². The van der Waals surface area contributed by atoms with Crippen LogP contribution in [0.1, 0.15) is 18.1 Å². The Labute approximate surface area is 79.4 Å². The monoisotopic (exact) mass is 174 g/mol. The van der Waals surface area contributed by atoms with E-state index in [1.165, 1.54) is 0 Å². The van der Waals surface area contributed by atoms with Crippen molar-refractivity contribution in [1.29, 1.82) is 0 Å². The van der Waals surface area contributed by atoms with Gasteiger partial charge in [-0.05, 0) is 18.6 Å². The zero-order valence-corrected chi connectivity index (χ0v) is 8.08. The number of allylic oxidation sites excluding steroid dienone is 1. The van der Waals surface area contributed by atoms with Crippen molar-refractivity contribution in [2.24, 2.45) is 0 Å². The maximum atomic E-state index is 5.24. The zero-order chi connectivity index (χ0) is 9.68. The van der Waals surface area contributed by atoms with Crippen molar-refractivity contribution < 1.29 is 4.74 Å². The first-order chi connectivity index (χ1) is 6.33. The van der Waals surface area contributed by atoms with E-state index in [9.17, 15) is 0 Å². The Morgan fingerprint density at radius 2 is 2.15 bits per heavy atom. The molecule has 1 nitrogen and oxygen atoms in total. The van der Waals surface area contributed by atoms with Gasteiger partial charge in [-0.1, -0.05) is 36.9 Å². The van der Waals surface area contributed by atoms with Crippen molar-refractivity contribution >= 4 is 12.2 Å². The molecule has 0 aliphatic heterocycles. The summed E-state index contributed by atoms with van der Waals surface area (Å²) in [6, 6.07) is 5.93. The number of hydrogen-bond acceptors (Lipinski definition) is 1. The summed E-state index contributed by atoms with van der Waals surface area (Å²) in [5, 5.41) is 0. The van der Waals surface area contributed by atoms with Crippen molar-refractivity contribution in [2.75, 3.05) is 7.11 Å². The summed E-state index contributed by atoms with van der Waals surface area (Å²) < 4.78 is 5.24. The lowest BCUT2D eigenvalue weighted by atomic mass is 10.1. The molecule has 0 aromatic heterocycles. The Kier molecular flexibility index (Phi) is 3.32. The van der Waals surface area contributed by atoms with Crippen LogP contribution in [0.25, 0.3) is 12.2 Å². The lowest BCUT2D eigenvalue weighted by Crippen LogP contribution is -1.89. The third-order valence-corrected chi connectivity index (χ3v) is 1.87. The van der Waals surface area contributed by atoms with E-state index in [0.29, 0.717) is 0 Å².